The number of nitrogens with one attached hydrogen (secondary N) is 2. The number of hydrogen-bond acceptors (Lipinski definition) is 2. The van der Waals surface area contributed by atoms with Crippen LogP contribution in [0.4, 0.5) is 0 Å². The Balaban J connectivity index is 1.85. The lowest BCUT2D eigenvalue weighted by atomic mass is 9.96. The van der Waals surface area contributed by atoms with Crippen LogP contribution in [0.3, 0.4) is 0 Å². The molecule has 2 amide bonds. The maximum atomic E-state index is 12.2. The molecule has 0 saturated carbocycles. The van der Waals surface area contributed by atoms with Crippen LogP contribution < -0.4 is 5.32 Å². The van der Waals surface area contributed by atoms with Crippen LogP contribution in [0, 0.1) is 11.8 Å². The average molecular weight is 277 g/mol. The third-order valence-electron chi connectivity index (χ3n) is 3.73. The summed E-state index contributed by atoms with van der Waals surface area (Å²) in [4.78, 5) is 29.0. The molecule has 0 aliphatic carbocycles. The molecule has 5 nitrogen and oxygen atoms in total. The monoisotopic (exact) mass is 277 g/mol. The summed E-state index contributed by atoms with van der Waals surface area (Å²) in [5, 5.41) is 2.95. The van der Waals surface area contributed by atoms with Gasteiger partial charge < -0.3 is 15.2 Å². The van der Waals surface area contributed by atoms with Gasteiger partial charge in [0.2, 0.25) is 11.8 Å². The summed E-state index contributed by atoms with van der Waals surface area (Å²) in [7, 11) is 0. The van der Waals surface area contributed by atoms with Crippen molar-refractivity contribution < 1.29 is 9.59 Å². The van der Waals surface area contributed by atoms with E-state index in [9.17, 15) is 9.59 Å². The number of rotatable bonds is 4. The van der Waals surface area contributed by atoms with Crippen molar-refractivity contribution in [1.29, 1.82) is 0 Å². The molecule has 0 aromatic carbocycles. The van der Waals surface area contributed by atoms with Crippen molar-refractivity contribution in [3.8, 4) is 0 Å². The van der Waals surface area contributed by atoms with Gasteiger partial charge in [0.15, 0.2) is 0 Å². The van der Waals surface area contributed by atoms with Gasteiger partial charge in [0.1, 0.15) is 0 Å². The van der Waals surface area contributed by atoms with Gasteiger partial charge in [-0.05, 0) is 24.5 Å². The molecule has 1 aromatic heterocycles. The largest absolute Gasteiger partial charge is 0.367 e. The lowest BCUT2D eigenvalue weighted by molar-refractivity contribution is -0.138. The van der Waals surface area contributed by atoms with E-state index in [0.717, 1.165) is 24.9 Å². The molecule has 110 valence electrons. The fraction of sp³-hybridized carbons (Fsp3) is 0.600. The summed E-state index contributed by atoms with van der Waals surface area (Å²) in [6.45, 7) is 5.67. The quantitative estimate of drug-likeness (QED) is 0.876. The molecular weight excluding hydrogens is 254 g/mol. The highest BCUT2D eigenvalue weighted by Gasteiger charge is 2.29. The minimum atomic E-state index is -0.0783. The second-order valence-electron chi connectivity index (χ2n) is 5.72. The zero-order valence-corrected chi connectivity index (χ0v) is 12.2. The van der Waals surface area contributed by atoms with Crippen LogP contribution in [0.2, 0.25) is 0 Å². The SMILES string of the molecule is CC(C)C(=O)N1CCCC(C(=O)NCc2cc[nH]c2)C1. The van der Waals surface area contributed by atoms with Gasteiger partial charge in [-0.25, -0.2) is 0 Å². The molecule has 2 N–H and O–H groups in total. The summed E-state index contributed by atoms with van der Waals surface area (Å²) in [5.74, 6) is 0.114. The number of aromatic amines is 1. The molecule has 5 heteroatoms. The van der Waals surface area contributed by atoms with Crippen LogP contribution in [0.25, 0.3) is 0 Å². The molecule has 1 atom stereocenters. The lowest BCUT2D eigenvalue weighted by Gasteiger charge is -2.33. The van der Waals surface area contributed by atoms with Gasteiger partial charge in [0.05, 0.1) is 5.92 Å². The van der Waals surface area contributed by atoms with E-state index in [-0.39, 0.29) is 23.7 Å². The molecule has 20 heavy (non-hydrogen) atoms. The lowest BCUT2D eigenvalue weighted by Crippen LogP contribution is -2.46. The standard InChI is InChI=1S/C15H23N3O2/c1-11(2)15(20)18-7-3-4-13(10-18)14(19)17-9-12-5-6-16-8-12/h5-6,8,11,13,16H,3-4,7,9-10H2,1-2H3,(H,17,19). The Labute approximate surface area is 119 Å². The minimum Gasteiger partial charge on any atom is -0.367 e. The summed E-state index contributed by atoms with van der Waals surface area (Å²) in [5.41, 5.74) is 1.06. The Morgan fingerprint density at radius 2 is 2.30 bits per heavy atom. The second-order valence-corrected chi connectivity index (χ2v) is 5.72. The van der Waals surface area contributed by atoms with Crippen molar-refractivity contribution in [1.82, 2.24) is 15.2 Å². The molecule has 1 aliphatic rings. The highest BCUT2D eigenvalue weighted by atomic mass is 16.2. The topological polar surface area (TPSA) is 65.2 Å². The van der Waals surface area contributed by atoms with Gasteiger partial charge in [-0.2, -0.15) is 0 Å². The third kappa shape index (κ3) is 3.62. The van der Waals surface area contributed by atoms with Crippen LogP contribution in [-0.4, -0.2) is 34.8 Å². The molecule has 1 unspecified atom stereocenters. The first-order valence-corrected chi connectivity index (χ1v) is 7.26. The van der Waals surface area contributed by atoms with Crippen molar-refractivity contribution in [2.24, 2.45) is 11.8 Å². The number of amides is 2. The van der Waals surface area contributed by atoms with E-state index in [4.69, 9.17) is 0 Å². The molecule has 1 aliphatic heterocycles. The number of piperidine rings is 1. The van der Waals surface area contributed by atoms with Gasteiger partial charge in [-0.1, -0.05) is 13.8 Å². The van der Waals surface area contributed by atoms with Crippen LogP contribution in [0.1, 0.15) is 32.3 Å². The van der Waals surface area contributed by atoms with Crippen LogP contribution >= 0.6 is 0 Å². The average Bonchev–Trinajstić information content (AvgIpc) is 2.97. The predicted molar refractivity (Wildman–Crippen MR) is 76.8 cm³/mol. The minimum absolute atomic E-state index is 0.00309. The molecular formula is C15H23N3O2. The summed E-state index contributed by atoms with van der Waals surface area (Å²) >= 11 is 0. The van der Waals surface area contributed by atoms with Crippen molar-refractivity contribution in [2.75, 3.05) is 13.1 Å². The van der Waals surface area contributed by atoms with Gasteiger partial charge in [-0.3, -0.25) is 9.59 Å². The normalized spacial score (nSPS) is 19.1. The molecule has 1 aromatic rings. The van der Waals surface area contributed by atoms with Gasteiger partial charge >= 0.3 is 0 Å². The Kier molecular flexibility index (Phi) is 4.82. The smallest absolute Gasteiger partial charge is 0.225 e. The molecule has 1 saturated heterocycles. The number of nitrogens with zero attached hydrogens (tertiary/aromatic N) is 1. The fourth-order valence-electron chi connectivity index (χ4n) is 2.56. The zero-order chi connectivity index (χ0) is 14.5. The molecule has 2 heterocycles. The first-order valence-electron chi connectivity index (χ1n) is 7.26. The van der Waals surface area contributed by atoms with E-state index >= 15 is 0 Å². The van der Waals surface area contributed by atoms with Gasteiger partial charge in [-0.15, -0.1) is 0 Å². The van der Waals surface area contributed by atoms with Crippen molar-refractivity contribution in [2.45, 2.75) is 33.2 Å². The number of aromatic nitrogens is 1. The zero-order valence-electron chi connectivity index (χ0n) is 12.2. The maximum absolute atomic E-state index is 12.2. The predicted octanol–water partition coefficient (Wildman–Crippen LogP) is 1.53. The van der Waals surface area contributed by atoms with E-state index in [1.165, 1.54) is 0 Å². The Morgan fingerprint density at radius 1 is 1.50 bits per heavy atom. The second kappa shape index (κ2) is 6.59. The van der Waals surface area contributed by atoms with E-state index < -0.39 is 0 Å². The van der Waals surface area contributed by atoms with E-state index in [1.54, 1.807) is 0 Å². The van der Waals surface area contributed by atoms with E-state index in [2.05, 4.69) is 10.3 Å². The van der Waals surface area contributed by atoms with Crippen molar-refractivity contribution >= 4 is 11.8 Å². The fourth-order valence-corrected chi connectivity index (χ4v) is 2.56. The van der Waals surface area contributed by atoms with Crippen molar-refractivity contribution in [3.63, 3.8) is 0 Å². The summed E-state index contributed by atoms with van der Waals surface area (Å²) < 4.78 is 0. The highest BCUT2D eigenvalue weighted by Crippen LogP contribution is 2.18. The maximum Gasteiger partial charge on any atom is 0.225 e. The van der Waals surface area contributed by atoms with E-state index in [1.807, 2.05) is 37.2 Å². The molecule has 2 rings (SSSR count). The summed E-state index contributed by atoms with van der Waals surface area (Å²) in [6, 6.07) is 1.94. The Hall–Kier alpha value is -1.78. The molecule has 0 radical (unpaired) electrons. The number of carbonyl (C=O) groups excluding carboxylic acids is 2. The van der Waals surface area contributed by atoms with Gasteiger partial charge in [0, 0.05) is 37.9 Å². The van der Waals surface area contributed by atoms with Crippen molar-refractivity contribution in [3.05, 3.63) is 24.0 Å². The molecule has 0 bridgehead atoms. The number of hydrogen-bond donors (Lipinski definition) is 2. The molecule has 1 fully saturated rings. The third-order valence-corrected chi connectivity index (χ3v) is 3.73. The molecule has 0 spiro atoms. The Bertz CT molecular complexity index is 454. The van der Waals surface area contributed by atoms with Crippen LogP contribution in [0.5, 0.6) is 0 Å². The first-order chi connectivity index (χ1) is 9.58. The van der Waals surface area contributed by atoms with E-state index in [0.29, 0.717) is 13.1 Å². The number of likely N-dealkylation sites (tertiary alicyclic amines) is 1. The Morgan fingerprint density at radius 3 is 2.95 bits per heavy atom. The van der Waals surface area contributed by atoms with Crippen LogP contribution in [-0.2, 0) is 16.1 Å². The van der Waals surface area contributed by atoms with Gasteiger partial charge in [0.25, 0.3) is 0 Å². The number of H-pyrrole nitrogens is 1. The van der Waals surface area contributed by atoms with Crippen LogP contribution in [0.15, 0.2) is 18.5 Å². The highest BCUT2D eigenvalue weighted by molar-refractivity contribution is 5.82. The first kappa shape index (κ1) is 14.6. The summed E-state index contributed by atoms with van der Waals surface area (Å²) in [6.07, 6.45) is 5.47. The number of carbonyl (C=O) groups is 2.